The highest BCUT2D eigenvalue weighted by Gasteiger charge is 2.56. The van der Waals surface area contributed by atoms with Gasteiger partial charge in [-0.2, -0.15) is 0 Å². The van der Waals surface area contributed by atoms with Gasteiger partial charge in [0.05, 0.1) is 16.6 Å². The van der Waals surface area contributed by atoms with Crippen LogP contribution in [0, 0.1) is 11.7 Å². The number of carbonyl (C=O) groups is 1. The Morgan fingerprint density at radius 3 is 2.41 bits per heavy atom. The largest absolute Gasteiger partial charge is 0.348 e. The minimum Gasteiger partial charge on any atom is -0.348 e. The number of nitrogens with one attached hydrogen (secondary N) is 1. The van der Waals surface area contributed by atoms with Crippen LogP contribution in [0.1, 0.15) is 48.2 Å². The van der Waals surface area contributed by atoms with Crippen LogP contribution in [0.15, 0.2) is 71.6 Å². The number of piperidine rings is 1. The van der Waals surface area contributed by atoms with Crippen molar-refractivity contribution in [1.29, 1.82) is 0 Å². The third-order valence-electron chi connectivity index (χ3n) is 8.44. The molecule has 7 nitrogen and oxygen atoms in total. The van der Waals surface area contributed by atoms with Crippen molar-refractivity contribution in [2.45, 2.75) is 49.6 Å². The molecule has 1 amide bonds. The van der Waals surface area contributed by atoms with E-state index in [2.05, 4.69) is 10.2 Å². The number of sulfonamides is 1. The average Bonchev–Trinajstić information content (AvgIpc) is 3.24. The van der Waals surface area contributed by atoms with Crippen molar-refractivity contribution in [3.05, 3.63) is 94.3 Å². The molecule has 2 aliphatic rings. The van der Waals surface area contributed by atoms with E-state index in [0.29, 0.717) is 22.8 Å². The summed E-state index contributed by atoms with van der Waals surface area (Å²) in [6.45, 7) is 7.22. The van der Waals surface area contributed by atoms with Crippen LogP contribution in [0.2, 0.25) is 5.02 Å². The molecule has 2 heterocycles. The molecule has 1 fully saturated rings. The number of fused-ring (bicyclic) bond motifs is 2. The molecule has 0 radical (unpaired) electrons. The lowest BCUT2D eigenvalue weighted by Crippen LogP contribution is -2.55. The summed E-state index contributed by atoms with van der Waals surface area (Å²) in [5.74, 6) is -0.789. The highest BCUT2D eigenvalue weighted by molar-refractivity contribution is 7.92. The first-order valence-electron chi connectivity index (χ1n) is 14.0. The number of anilines is 1. The van der Waals surface area contributed by atoms with Crippen molar-refractivity contribution < 1.29 is 17.6 Å². The first kappa shape index (κ1) is 29.5. The van der Waals surface area contributed by atoms with Crippen molar-refractivity contribution in [2.75, 3.05) is 30.5 Å². The zero-order valence-electron chi connectivity index (χ0n) is 23.3. The third kappa shape index (κ3) is 5.48. The van der Waals surface area contributed by atoms with Gasteiger partial charge in [-0.15, -0.1) is 0 Å². The maximum absolute atomic E-state index is 14.2. The molecule has 218 valence electrons. The zero-order chi connectivity index (χ0) is 29.4. The minimum absolute atomic E-state index is 0.0313. The minimum atomic E-state index is -4.03. The van der Waals surface area contributed by atoms with Crippen molar-refractivity contribution in [3.63, 3.8) is 0 Å². The van der Waals surface area contributed by atoms with Crippen LogP contribution < -0.4 is 15.4 Å². The molecule has 3 aromatic carbocycles. The van der Waals surface area contributed by atoms with E-state index in [1.807, 2.05) is 38.1 Å². The van der Waals surface area contributed by atoms with Gasteiger partial charge in [-0.1, -0.05) is 43.6 Å². The van der Waals surface area contributed by atoms with Gasteiger partial charge in [0, 0.05) is 35.6 Å². The lowest BCUT2D eigenvalue weighted by Gasteiger charge is -2.46. The molecule has 0 aromatic heterocycles. The van der Waals surface area contributed by atoms with Crippen LogP contribution in [0.3, 0.4) is 0 Å². The van der Waals surface area contributed by atoms with Gasteiger partial charge < -0.3 is 16.0 Å². The van der Waals surface area contributed by atoms with Crippen LogP contribution in [0.5, 0.6) is 0 Å². The molecule has 5 rings (SSSR count). The molecular weight excluding hydrogens is 563 g/mol. The summed E-state index contributed by atoms with van der Waals surface area (Å²) >= 11 is 6.28. The second-order valence-corrected chi connectivity index (χ2v) is 13.5. The number of nitrogens with two attached hydrogens (primary N) is 1. The molecule has 0 bridgehead atoms. The predicted molar refractivity (Wildman–Crippen MR) is 160 cm³/mol. The smallest absolute Gasteiger partial charge is 0.264 e. The number of carbonyl (C=O) groups excluding carboxylic acids is 1. The number of nitrogens with zero attached hydrogens (tertiary/aromatic N) is 2. The summed E-state index contributed by atoms with van der Waals surface area (Å²) in [5, 5.41) is 3.53. The first-order valence-corrected chi connectivity index (χ1v) is 15.8. The monoisotopic (exact) mass is 598 g/mol. The van der Waals surface area contributed by atoms with Gasteiger partial charge >= 0.3 is 0 Å². The molecule has 1 atom stereocenters. The predicted octanol–water partition coefficient (Wildman–Crippen LogP) is 4.93. The number of likely N-dealkylation sites (tertiary alicyclic amines) is 1. The molecule has 1 spiro atoms. The lowest BCUT2D eigenvalue weighted by atomic mass is 9.66. The molecular formula is C31H36ClFN4O3S. The summed E-state index contributed by atoms with van der Waals surface area (Å²) in [6.07, 6.45) is 1.45. The normalized spacial score (nSPS) is 18.6. The Bertz CT molecular complexity index is 1520. The van der Waals surface area contributed by atoms with E-state index in [4.69, 9.17) is 17.3 Å². The number of benzene rings is 3. The van der Waals surface area contributed by atoms with Crippen LogP contribution in [0.25, 0.3) is 0 Å². The fourth-order valence-corrected chi connectivity index (χ4v) is 8.62. The maximum Gasteiger partial charge on any atom is 0.264 e. The molecule has 3 N–H and O–H groups in total. The highest BCUT2D eigenvalue weighted by atomic mass is 35.5. The number of amides is 1. The number of halogens is 2. The van der Waals surface area contributed by atoms with E-state index in [0.717, 1.165) is 43.6 Å². The van der Waals surface area contributed by atoms with Gasteiger partial charge in [0.2, 0.25) is 0 Å². The van der Waals surface area contributed by atoms with Crippen LogP contribution >= 0.6 is 11.6 Å². The molecule has 1 unspecified atom stereocenters. The van der Waals surface area contributed by atoms with Gasteiger partial charge in [-0.3, -0.25) is 9.10 Å². The van der Waals surface area contributed by atoms with Crippen molar-refractivity contribution in [3.8, 4) is 0 Å². The van der Waals surface area contributed by atoms with Gasteiger partial charge in [0.1, 0.15) is 5.82 Å². The summed E-state index contributed by atoms with van der Waals surface area (Å²) in [6, 6.07) is 17.2. The summed E-state index contributed by atoms with van der Waals surface area (Å²) in [5.41, 5.74) is 8.04. The molecule has 0 saturated carbocycles. The third-order valence-corrected chi connectivity index (χ3v) is 10.6. The van der Waals surface area contributed by atoms with Crippen LogP contribution in [-0.2, 0) is 22.0 Å². The Hall–Kier alpha value is -2.98. The Morgan fingerprint density at radius 1 is 1.10 bits per heavy atom. The van der Waals surface area contributed by atoms with E-state index >= 15 is 0 Å². The van der Waals surface area contributed by atoms with E-state index in [1.54, 1.807) is 18.2 Å². The average molecular weight is 599 g/mol. The molecule has 10 heteroatoms. The fraction of sp³-hybridized carbons (Fsp3) is 0.387. The quantitative estimate of drug-likeness (QED) is 0.383. The maximum atomic E-state index is 14.2. The molecule has 3 aromatic rings. The molecule has 1 saturated heterocycles. The van der Waals surface area contributed by atoms with Gasteiger partial charge in [-0.05, 0) is 91.5 Å². The van der Waals surface area contributed by atoms with E-state index in [-0.39, 0.29) is 29.3 Å². The van der Waals surface area contributed by atoms with Crippen LogP contribution in [-0.4, -0.2) is 51.4 Å². The van der Waals surface area contributed by atoms with Crippen molar-refractivity contribution >= 4 is 33.2 Å². The number of rotatable bonds is 8. The highest BCUT2D eigenvalue weighted by Crippen LogP contribution is 2.55. The topological polar surface area (TPSA) is 95.7 Å². The van der Waals surface area contributed by atoms with Gasteiger partial charge in [-0.25, -0.2) is 12.8 Å². The Kier molecular flexibility index (Phi) is 8.43. The van der Waals surface area contributed by atoms with Gasteiger partial charge in [0.15, 0.2) is 0 Å². The lowest BCUT2D eigenvalue weighted by molar-refractivity contribution is 0.0950. The van der Waals surface area contributed by atoms with Crippen LogP contribution in [0.4, 0.5) is 10.1 Å². The van der Waals surface area contributed by atoms with Crippen molar-refractivity contribution in [2.24, 2.45) is 11.7 Å². The van der Waals surface area contributed by atoms with Gasteiger partial charge in [0.25, 0.3) is 15.9 Å². The van der Waals surface area contributed by atoms with E-state index < -0.39 is 21.3 Å². The number of hydrogen-bond donors (Lipinski definition) is 2. The summed E-state index contributed by atoms with van der Waals surface area (Å²) in [7, 11) is -4.03. The standard InChI is InChI=1S/C31H36ClFN4O3S/c1-21(2)29-31(13-16-36(17-14-31)18-15-34)26-19-22(30(38)35-20-23-5-3-4-6-27(23)32)7-12-28(26)37(29)41(39,40)25-10-8-24(33)9-11-25/h3-12,19,21,29H,13-18,20,34H2,1-2H3,(H,35,38). The first-order chi connectivity index (χ1) is 19.6. The number of hydrogen-bond acceptors (Lipinski definition) is 5. The molecule has 41 heavy (non-hydrogen) atoms. The second-order valence-electron chi connectivity index (χ2n) is 11.2. The Balaban J connectivity index is 1.57. The second kappa shape index (κ2) is 11.7. The Morgan fingerprint density at radius 2 is 1.78 bits per heavy atom. The SMILES string of the molecule is CC(C)C1N(S(=O)(=O)c2ccc(F)cc2)c2ccc(C(=O)NCc3ccccc3Cl)cc2C12CCN(CCN)CC2. The Labute approximate surface area is 246 Å². The summed E-state index contributed by atoms with van der Waals surface area (Å²) < 4.78 is 43.7. The van der Waals surface area contributed by atoms with Crippen molar-refractivity contribution in [1.82, 2.24) is 10.2 Å². The molecule has 2 aliphatic heterocycles. The van der Waals surface area contributed by atoms with E-state index in [9.17, 15) is 17.6 Å². The molecule has 0 aliphatic carbocycles. The zero-order valence-corrected chi connectivity index (χ0v) is 24.9. The fourth-order valence-electron chi connectivity index (χ4n) is 6.55. The van der Waals surface area contributed by atoms with E-state index in [1.165, 1.54) is 28.6 Å². The summed E-state index contributed by atoms with van der Waals surface area (Å²) in [4.78, 5) is 15.7.